The Bertz CT molecular complexity index is 1050. The lowest BCUT2D eigenvalue weighted by Crippen LogP contribution is -2.28. The largest absolute Gasteiger partial charge is 0.350 e. The van der Waals surface area contributed by atoms with Crippen LogP contribution in [0.2, 0.25) is 0 Å². The van der Waals surface area contributed by atoms with Crippen molar-refractivity contribution in [3.8, 4) is 11.3 Å². The lowest BCUT2D eigenvalue weighted by Gasteiger charge is -2.14. The highest BCUT2D eigenvalue weighted by Gasteiger charge is 2.21. The topological polar surface area (TPSA) is 103 Å². The van der Waals surface area contributed by atoms with E-state index in [-0.39, 0.29) is 17.2 Å². The first kappa shape index (κ1) is 18.8. The van der Waals surface area contributed by atoms with Crippen molar-refractivity contribution in [2.75, 3.05) is 6.54 Å². The zero-order chi connectivity index (χ0) is 20.2. The van der Waals surface area contributed by atoms with Gasteiger partial charge in [0.15, 0.2) is 0 Å². The van der Waals surface area contributed by atoms with Crippen LogP contribution >= 0.6 is 0 Å². The van der Waals surface area contributed by atoms with Crippen LogP contribution in [0.4, 0.5) is 5.69 Å². The predicted octanol–water partition coefficient (Wildman–Crippen LogP) is 3.16. The number of rotatable bonds is 6. The zero-order valence-electron chi connectivity index (χ0n) is 15.9. The maximum atomic E-state index is 12.4. The molecule has 0 saturated carbocycles. The van der Waals surface area contributed by atoms with Gasteiger partial charge in [-0.2, -0.15) is 5.10 Å². The van der Waals surface area contributed by atoms with Gasteiger partial charge in [-0.25, -0.2) is 0 Å². The van der Waals surface area contributed by atoms with E-state index in [2.05, 4.69) is 10.3 Å². The third kappa shape index (κ3) is 4.01. The second-order valence-corrected chi connectivity index (χ2v) is 7.00. The average Bonchev–Trinajstić information content (AvgIpc) is 3.13. The van der Waals surface area contributed by atoms with Gasteiger partial charge in [-0.05, 0) is 43.9 Å². The number of benzene rings is 1. The first-order valence-electron chi connectivity index (χ1n) is 9.65. The molecule has 0 saturated heterocycles. The van der Waals surface area contributed by atoms with Crippen LogP contribution in [0.25, 0.3) is 11.3 Å². The Morgan fingerprint density at radius 3 is 2.76 bits per heavy atom. The van der Waals surface area contributed by atoms with Crippen molar-refractivity contribution in [2.45, 2.75) is 32.2 Å². The number of carbonyl (C=O) groups is 1. The van der Waals surface area contributed by atoms with Gasteiger partial charge in [-0.15, -0.1) is 0 Å². The highest BCUT2D eigenvalue weighted by Crippen LogP contribution is 2.30. The van der Waals surface area contributed by atoms with Crippen LogP contribution in [0, 0.1) is 10.1 Å². The molecule has 2 heterocycles. The number of nitrogens with zero attached hydrogens (tertiary/aromatic N) is 4. The number of hydrogen-bond acceptors (Lipinski definition) is 5. The Kier molecular flexibility index (Phi) is 5.33. The molecule has 2 aromatic heterocycles. The summed E-state index contributed by atoms with van der Waals surface area (Å²) in [7, 11) is 0. The quantitative estimate of drug-likeness (QED) is 0.513. The van der Waals surface area contributed by atoms with Crippen LogP contribution < -0.4 is 5.32 Å². The predicted molar refractivity (Wildman–Crippen MR) is 108 cm³/mol. The van der Waals surface area contributed by atoms with Gasteiger partial charge in [0.05, 0.1) is 17.2 Å². The van der Waals surface area contributed by atoms with Gasteiger partial charge in [-0.3, -0.25) is 24.6 Å². The monoisotopic (exact) mass is 391 g/mol. The molecule has 3 aromatic rings. The maximum absolute atomic E-state index is 12.4. The van der Waals surface area contributed by atoms with E-state index >= 15 is 0 Å². The lowest BCUT2D eigenvalue weighted by atomic mass is 9.94. The van der Waals surface area contributed by atoms with Gasteiger partial charge in [0.25, 0.3) is 11.6 Å². The number of non-ortho nitro benzene ring substituents is 1. The number of hydrogen-bond donors (Lipinski definition) is 1. The third-order valence-corrected chi connectivity index (χ3v) is 5.14. The second-order valence-electron chi connectivity index (χ2n) is 7.00. The minimum Gasteiger partial charge on any atom is -0.350 e. The number of carbonyl (C=O) groups excluding carboxylic acids is 1. The van der Waals surface area contributed by atoms with Crippen molar-refractivity contribution in [3.05, 3.63) is 75.7 Å². The smallest absolute Gasteiger partial charge is 0.270 e. The van der Waals surface area contributed by atoms with Crippen LogP contribution in [0.3, 0.4) is 0 Å². The van der Waals surface area contributed by atoms with Crippen LogP contribution in [0.5, 0.6) is 0 Å². The number of nitrogens with one attached hydrogen (secondary N) is 1. The summed E-state index contributed by atoms with van der Waals surface area (Å²) < 4.78 is 1.98. The molecule has 4 rings (SSSR count). The molecular formula is C21H21N5O3. The normalized spacial score (nSPS) is 13.0. The molecule has 148 valence electrons. The van der Waals surface area contributed by atoms with Crippen LogP contribution in [-0.4, -0.2) is 32.1 Å². The van der Waals surface area contributed by atoms with Crippen molar-refractivity contribution in [1.29, 1.82) is 0 Å². The fourth-order valence-electron chi connectivity index (χ4n) is 3.74. The van der Waals surface area contributed by atoms with E-state index in [0.717, 1.165) is 36.9 Å². The van der Waals surface area contributed by atoms with Gasteiger partial charge in [0.2, 0.25) is 0 Å². The molecule has 0 unspecified atom stereocenters. The molecule has 1 aliphatic rings. The highest BCUT2D eigenvalue weighted by molar-refractivity contribution is 5.94. The van der Waals surface area contributed by atoms with E-state index in [0.29, 0.717) is 13.1 Å². The molecule has 8 heteroatoms. The Labute approximate surface area is 167 Å². The van der Waals surface area contributed by atoms with Gasteiger partial charge < -0.3 is 5.32 Å². The van der Waals surface area contributed by atoms with E-state index in [4.69, 9.17) is 5.10 Å². The van der Waals surface area contributed by atoms with Crippen LogP contribution in [0.15, 0.2) is 48.8 Å². The molecule has 0 fully saturated rings. The van der Waals surface area contributed by atoms with E-state index in [1.807, 2.05) is 16.8 Å². The molecule has 1 aromatic carbocycles. The second kappa shape index (κ2) is 8.22. The van der Waals surface area contributed by atoms with Crippen LogP contribution in [-0.2, 0) is 19.4 Å². The Balaban J connectivity index is 1.48. The van der Waals surface area contributed by atoms with Crippen molar-refractivity contribution in [1.82, 2.24) is 20.1 Å². The number of nitro benzene ring substituents is 1. The number of pyridine rings is 1. The summed E-state index contributed by atoms with van der Waals surface area (Å²) in [5.74, 6) is -0.330. The molecular weight excluding hydrogens is 370 g/mol. The van der Waals surface area contributed by atoms with Gasteiger partial charge in [0, 0.05) is 53.5 Å². The average molecular weight is 391 g/mol. The van der Waals surface area contributed by atoms with Crippen molar-refractivity contribution in [3.63, 3.8) is 0 Å². The van der Waals surface area contributed by atoms with E-state index in [9.17, 15) is 14.9 Å². The molecule has 1 N–H and O–H groups in total. The third-order valence-electron chi connectivity index (χ3n) is 5.14. The van der Waals surface area contributed by atoms with Gasteiger partial charge >= 0.3 is 0 Å². The molecule has 0 bridgehead atoms. The molecule has 8 nitrogen and oxygen atoms in total. The van der Waals surface area contributed by atoms with Gasteiger partial charge in [-0.1, -0.05) is 6.07 Å². The molecule has 0 atom stereocenters. The molecule has 1 aliphatic carbocycles. The van der Waals surface area contributed by atoms with Crippen molar-refractivity contribution >= 4 is 11.6 Å². The number of amides is 1. The summed E-state index contributed by atoms with van der Waals surface area (Å²) in [6, 6.07) is 9.66. The van der Waals surface area contributed by atoms with E-state index < -0.39 is 4.92 Å². The summed E-state index contributed by atoms with van der Waals surface area (Å²) in [5, 5.41) is 18.5. The molecule has 1 amide bonds. The summed E-state index contributed by atoms with van der Waals surface area (Å²) in [6.07, 6.45) is 7.81. The number of aromatic nitrogens is 3. The first-order valence-corrected chi connectivity index (χ1v) is 9.65. The lowest BCUT2D eigenvalue weighted by molar-refractivity contribution is -0.384. The minimum atomic E-state index is -0.507. The first-order chi connectivity index (χ1) is 14.1. The summed E-state index contributed by atoms with van der Waals surface area (Å²) in [6.45, 7) is 0.944. The van der Waals surface area contributed by atoms with Gasteiger partial charge in [0.1, 0.15) is 0 Å². The van der Waals surface area contributed by atoms with Crippen LogP contribution in [0.1, 0.15) is 34.5 Å². The summed E-state index contributed by atoms with van der Waals surface area (Å²) in [4.78, 5) is 26.8. The maximum Gasteiger partial charge on any atom is 0.270 e. The standard InChI is InChI=1S/C21H21N5O3/c27-21(16-4-3-5-17(14-16)26(28)29)23-12-13-25-19-7-2-1-6-18(19)20(24-25)15-8-10-22-11-9-15/h3-5,8-11,14H,1-2,6-7,12-13H2,(H,23,27). The number of fused-ring (bicyclic) bond motifs is 1. The fourth-order valence-corrected chi connectivity index (χ4v) is 3.74. The Hall–Kier alpha value is -3.55. The summed E-state index contributed by atoms with van der Waals surface area (Å²) >= 11 is 0. The fraction of sp³-hybridized carbons (Fsp3) is 0.286. The van der Waals surface area contributed by atoms with Crippen molar-refractivity contribution < 1.29 is 9.72 Å². The Morgan fingerprint density at radius 1 is 1.17 bits per heavy atom. The molecule has 29 heavy (non-hydrogen) atoms. The number of nitro groups is 1. The molecule has 0 spiro atoms. The van der Waals surface area contributed by atoms with E-state index in [1.165, 1.54) is 29.5 Å². The zero-order valence-corrected chi connectivity index (χ0v) is 15.9. The molecule has 0 radical (unpaired) electrons. The minimum absolute atomic E-state index is 0.0965. The SMILES string of the molecule is O=C(NCCn1nc(-c2ccncc2)c2c1CCCC2)c1cccc([N+](=O)[O-])c1. The summed E-state index contributed by atoms with van der Waals surface area (Å²) in [5.41, 5.74) is 4.74. The Morgan fingerprint density at radius 2 is 1.97 bits per heavy atom. The molecule has 0 aliphatic heterocycles. The van der Waals surface area contributed by atoms with E-state index in [1.54, 1.807) is 18.5 Å². The highest BCUT2D eigenvalue weighted by atomic mass is 16.6. The van der Waals surface area contributed by atoms with Crippen molar-refractivity contribution in [2.24, 2.45) is 0 Å².